The molecule has 0 bridgehead atoms. The van der Waals surface area contributed by atoms with E-state index in [0.29, 0.717) is 39.4 Å². The van der Waals surface area contributed by atoms with E-state index in [9.17, 15) is 9.59 Å². The maximum absolute atomic E-state index is 12.7. The number of amides is 1. The van der Waals surface area contributed by atoms with E-state index >= 15 is 0 Å². The molecule has 2 aromatic rings. The van der Waals surface area contributed by atoms with Crippen LogP contribution in [0.15, 0.2) is 50.8 Å². The van der Waals surface area contributed by atoms with E-state index in [1.807, 2.05) is 19.1 Å². The summed E-state index contributed by atoms with van der Waals surface area (Å²) < 4.78 is 16.5. The maximum Gasteiger partial charge on any atom is 0.337 e. The van der Waals surface area contributed by atoms with Crippen molar-refractivity contribution in [3.05, 3.63) is 56.9 Å². The topological polar surface area (TPSA) is 77.4 Å². The number of ether oxygens (including phenoxy) is 3. The molecule has 0 radical (unpaired) electrons. The minimum absolute atomic E-state index is 0.154. The Morgan fingerprint density at radius 3 is 2.55 bits per heavy atom. The highest BCUT2D eigenvalue weighted by molar-refractivity contribution is 9.10. The first-order valence-corrected chi connectivity index (χ1v) is 10.9. The van der Waals surface area contributed by atoms with E-state index in [4.69, 9.17) is 14.2 Å². The Morgan fingerprint density at radius 1 is 1.23 bits per heavy atom. The summed E-state index contributed by atoms with van der Waals surface area (Å²) in [5, 5.41) is 0.541. The lowest BCUT2D eigenvalue weighted by Gasteiger charge is -2.12. The average Bonchev–Trinajstić information content (AvgIpc) is 3.03. The van der Waals surface area contributed by atoms with Gasteiger partial charge in [0.05, 0.1) is 41.5 Å². The van der Waals surface area contributed by atoms with Crippen LogP contribution < -0.4 is 9.47 Å². The number of benzene rings is 2. The molecule has 162 valence electrons. The van der Waals surface area contributed by atoms with Crippen molar-refractivity contribution >= 4 is 56.5 Å². The summed E-state index contributed by atoms with van der Waals surface area (Å²) in [5.74, 6) is 0.626. The second-order valence-electron chi connectivity index (χ2n) is 6.37. The number of nitrogens with zero attached hydrogens (tertiary/aromatic N) is 2. The van der Waals surface area contributed by atoms with Gasteiger partial charge in [-0.15, -0.1) is 0 Å². The zero-order valence-electron chi connectivity index (χ0n) is 17.5. The highest BCUT2D eigenvalue weighted by atomic mass is 79.9. The van der Waals surface area contributed by atoms with Gasteiger partial charge in [-0.05, 0) is 82.7 Å². The Balaban J connectivity index is 1.87. The molecule has 0 saturated carbocycles. The highest BCUT2D eigenvalue weighted by Crippen LogP contribution is 2.39. The van der Waals surface area contributed by atoms with Crippen molar-refractivity contribution < 1.29 is 23.8 Å². The number of methoxy groups -OCH3 is 2. The normalized spacial score (nSPS) is 16.2. The Morgan fingerprint density at radius 2 is 1.94 bits per heavy atom. The van der Waals surface area contributed by atoms with Gasteiger partial charge in [-0.1, -0.05) is 0 Å². The number of carbonyl (C=O) groups excluding carboxylic acids is 2. The van der Waals surface area contributed by atoms with Gasteiger partial charge in [-0.25, -0.2) is 9.79 Å². The lowest BCUT2D eigenvalue weighted by atomic mass is 10.2. The summed E-state index contributed by atoms with van der Waals surface area (Å²) in [6, 6.07) is 10.4. The van der Waals surface area contributed by atoms with Crippen molar-refractivity contribution in [3.63, 3.8) is 0 Å². The number of halogens is 1. The van der Waals surface area contributed by atoms with Gasteiger partial charge >= 0.3 is 5.97 Å². The SMILES string of the molecule is CCOc1c(Br)cc(C=C2SC(=Nc3ccc(C(=O)OC)cc3)N(C)C2=O)cc1OC. The van der Waals surface area contributed by atoms with E-state index in [1.165, 1.54) is 23.8 Å². The minimum Gasteiger partial charge on any atom is -0.493 e. The van der Waals surface area contributed by atoms with Crippen LogP contribution in [0.25, 0.3) is 6.08 Å². The summed E-state index contributed by atoms with van der Waals surface area (Å²) in [5.41, 5.74) is 1.85. The summed E-state index contributed by atoms with van der Waals surface area (Å²) >= 11 is 4.77. The lowest BCUT2D eigenvalue weighted by molar-refractivity contribution is -0.121. The monoisotopic (exact) mass is 504 g/mol. The molecule has 0 unspecified atom stereocenters. The number of carbonyl (C=O) groups is 2. The number of hydrogen-bond donors (Lipinski definition) is 0. The second-order valence-corrected chi connectivity index (χ2v) is 8.24. The molecule has 3 rings (SSSR count). The second kappa shape index (κ2) is 10.0. The number of hydrogen-bond acceptors (Lipinski definition) is 7. The number of esters is 1. The maximum atomic E-state index is 12.7. The van der Waals surface area contributed by atoms with Crippen molar-refractivity contribution in [2.24, 2.45) is 4.99 Å². The van der Waals surface area contributed by atoms with Gasteiger partial charge in [-0.2, -0.15) is 0 Å². The van der Waals surface area contributed by atoms with Crippen LogP contribution in [-0.4, -0.2) is 49.8 Å². The van der Waals surface area contributed by atoms with Gasteiger partial charge in [-0.3, -0.25) is 9.69 Å². The van der Waals surface area contributed by atoms with Crippen molar-refractivity contribution in [2.75, 3.05) is 27.9 Å². The van der Waals surface area contributed by atoms with Crippen molar-refractivity contribution in [3.8, 4) is 11.5 Å². The molecule has 1 aliphatic heterocycles. The van der Waals surface area contributed by atoms with Crippen LogP contribution in [0, 0.1) is 0 Å². The molecule has 9 heteroatoms. The van der Waals surface area contributed by atoms with Gasteiger partial charge in [0.2, 0.25) is 0 Å². The van der Waals surface area contributed by atoms with Crippen LogP contribution in [-0.2, 0) is 9.53 Å². The number of rotatable bonds is 6. The molecular formula is C22H21BrN2O5S. The van der Waals surface area contributed by atoms with Crippen LogP contribution in [0.5, 0.6) is 11.5 Å². The zero-order chi connectivity index (χ0) is 22.5. The standard InChI is InChI=1S/C22H21BrN2O5S/c1-5-30-19-16(23)10-13(11-17(19)28-3)12-18-20(26)25(2)22(31-18)24-15-8-6-14(7-9-15)21(27)29-4/h6-12H,5H2,1-4H3. The number of likely N-dealkylation sites (N-methyl/N-ethyl adjacent to an activating group) is 1. The Kier molecular flexibility index (Phi) is 7.40. The predicted octanol–water partition coefficient (Wildman–Crippen LogP) is 4.88. The largest absolute Gasteiger partial charge is 0.493 e. The van der Waals surface area contributed by atoms with Crippen LogP contribution in [0.4, 0.5) is 5.69 Å². The zero-order valence-corrected chi connectivity index (χ0v) is 19.9. The average molecular weight is 505 g/mol. The van der Waals surface area contributed by atoms with Crippen LogP contribution >= 0.6 is 27.7 Å². The molecule has 0 N–H and O–H groups in total. The third-order valence-electron chi connectivity index (χ3n) is 4.35. The summed E-state index contributed by atoms with van der Waals surface area (Å²) in [4.78, 5) is 30.9. The minimum atomic E-state index is -0.413. The van der Waals surface area contributed by atoms with Crippen LogP contribution in [0.3, 0.4) is 0 Å². The molecule has 0 spiro atoms. The highest BCUT2D eigenvalue weighted by Gasteiger charge is 2.30. The lowest BCUT2D eigenvalue weighted by Crippen LogP contribution is -2.23. The van der Waals surface area contributed by atoms with E-state index in [1.54, 1.807) is 44.5 Å². The van der Waals surface area contributed by atoms with Gasteiger partial charge in [0, 0.05) is 7.05 Å². The summed E-state index contributed by atoms with van der Waals surface area (Å²) in [6.45, 7) is 2.41. The molecule has 0 aromatic heterocycles. The van der Waals surface area contributed by atoms with E-state index in [2.05, 4.69) is 20.9 Å². The Bertz CT molecular complexity index is 1070. The third-order valence-corrected chi connectivity index (χ3v) is 6.00. The molecule has 2 aromatic carbocycles. The van der Waals surface area contributed by atoms with E-state index in [-0.39, 0.29) is 5.91 Å². The smallest absolute Gasteiger partial charge is 0.337 e. The predicted molar refractivity (Wildman–Crippen MR) is 125 cm³/mol. The molecule has 1 amide bonds. The van der Waals surface area contributed by atoms with E-state index < -0.39 is 5.97 Å². The van der Waals surface area contributed by atoms with Crippen LogP contribution in [0.1, 0.15) is 22.8 Å². The molecule has 1 saturated heterocycles. The van der Waals surface area contributed by atoms with Gasteiger partial charge < -0.3 is 14.2 Å². The van der Waals surface area contributed by atoms with Gasteiger partial charge in [0.25, 0.3) is 5.91 Å². The van der Waals surface area contributed by atoms with Crippen molar-refractivity contribution in [1.29, 1.82) is 0 Å². The summed E-state index contributed by atoms with van der Waals surface area (Å²) in [7, 11) is 4.58. The number of amidine groups is 1. The fraction of sp³-hybridized carbons (Fsp3) is 0.227. The molecule has 31 heavy (non-hydrogen) atoms. The van der Waals surface area contributed by atoms with E-state index in [0.717, 1.165) is 10.0 Å². The van der Waals surface area contributed by atoms with Crippen molar-refractivity contribution in [2.45, 2.75) is 6.92 Å². The quantitative estimate of drug-likeness (QED) is 0.412. The fourth-order valence-electron chi connectivity index (χ4n) is 2.81. The van der Waals surface area contributed by atoms with Gasteiger partial charge in [0.1, 0.15) is 0 Å². The number of aliphatic imine (C=N–C) groups is 1. The third kappa shape index (κ3) is 5.11. The molecule has 0 atom stereocenters. The molecule has 7 nitrogen and oxygen atoms in total. The Hall–Kier alpha value is -2.78. The van der Waals surface area contributed by atoms with Gasteiger partial charge in [0.15, 0.2) is 16.7 Å². The first kappa shape index (κ1) is 22.9. The molecule has 1 aliphatic rings. The first-order chi connectivity index (χ1) is 14.9. The first-order valence-electron chi connectivity index (χ1n) is 9.33. The van der Waals surface area contributed by atoms with Crippen LogP contribution in [0.2, 0.25) is 0 Å². The Labute approximate surface area is 193 Å². The van der Waals surface area contributed by atoms with Crippen molar-refractivity contribution in [1.82, 2.24) is 4.90 Å². The number of thioether (sulfide) groups is 1. The summed E-state index contributed by atoms with van der Waals surface area (Å²) in [6.07, 6.45) is 1.79. The molecular weight excluding hydrogens is 484 g/mol. The molecule has 0 aliphatic carbocycles. The molecule has 1 heterocycles. The molecule has 1 fully saturated rings. The fourth-order valence-corrected chi connectivity index (χ4v) is 4.37.